The minimum absolute atomic E-state index is 0.0584. The SMILES string of the molecule is Cc1cc(C)c(NC(=O)COc2ccccc2F)c(C)n1. The van der Waals surface area contributed by atoms with Crippen LogP contribution in [0, 0.1) is 26.6 Å². The number of carbonyl (C=O) groups excluding carboxylic acids is 1. The molecule has 1 aromatic heterocycles. The molecule has 21 heavy (non-hydrogen) atoms. The van der Waals surface area contributed by atoms with Gasteiger partial charge in [-0.15, -0.1) is 0 Å². The fraction of sp³-hybridized carbons (Fsp3) is 0.250. The maximum Gasteiger partial charge on any atom is 0.262 e. The Hall–Kier alpha value is -2.43. The van der Waals surface area contributed by atoms with Crippen molar-refractivity contribution in [3.8, 4) is 5.75 Å². The van der Waals surface area contributed by atoms with E-state index >= 15 is 0 Å². The van der Waals surface area contributed by atoms with Crippen molar-refractivity contribution in [2.24, 2.45) is 0 Å². The molecular weight excluding hydrogens is 271 g/mol. The largest absolute Gasteiger partial charge is 0.481 e. The summed E-state index contributed by atoms with van der Waals surface area (Å²) in [4.78, 5) is 16.2. The van der Waals surface area contributed by atoms with Crippen molar-refractivity contribution >= 4 is 11.6 Å². The fourth-order valence-corrected chi connectivity index (χ4v) is 2.09. The Balaban J connectivity index is 2.01. The predicted molar refractivity (Wildman–Crippen MR) is 79.0 cm³/mol. The molecule has 0 saturated heterocycles. The topological polar surface area (TPSA) is 51.2 Å². The van der Waals surface area contributed by atoms with Gasteiger partial charge in [-0.3, -0.25) is 9.78 Å². The van der Waals surface area contributed by atoms with Crippen LogP contribution in [-0.2, 0) is 4.79 Å². The first-order valence-electron chi connectivity index (χ1n) is 6.59. The molecule has 1 N–H and O–H groups in total. The van der Waals surface area contributed by atoms with Crippen LogP contribution in [0.15, 0.2) is 30.3 Å². The maximum atomic E-state index is 13.4. The Bertz CT molecular complexity index is 648. The van der Waals surface area contributed by atoms with Crippen molar-refractivity contribution in [3.05, 3.63) is 53.1 Å². The number of hydrogen-bond acceptors (Lipinski definition) is 3. The van der Waals surface area contributed by atoms with E-state index in [1.165, 1.54) is 12.1 Å². The number of carbonyl (C=O) groups is 1. The first kappa shape index (κ1) is 15.0. The molecule has 5 heteroatoms. The molecule has 0 atom stereocenters. The number of hydrogen-bond donors (Lipinski definition) is 1. The Morgan fingerprint density at radius 3 is 2.67 bits per heavy atom. The highest BCUT2D eigenvalue weighted by atomic mass is 19.1. The lowest BCUT2D eigenvalue weighted by atomic mass is 10.1. The maximum absolute atomic E-state index is 13.4. The van der Waals surface area contributed by atoms with E-state index in [1.807, 2.05) is 26.8 Å². The van der Waals surface area contributed by atoms with Crippen LogP contribution >= 0.6 is 0 Å². The summed E-state index contributed by atoms with van der Waals surface area (Å²) in [5.74, 6) is -0.784. The van der Waals surface area contributed by atoms with Gasteiger partial charge in [-0.2, -0.15) is 0 Å². The zero-order valence-corrected chi connectivity index (χ0v) is 12.2. The van der Waals surface area contributed by atoms with Crippen molar-refractivity contribution < 1.29 is 13.9 Å². The molecule has 1 amide bonds. The van der Waals surface area contributed by atoms with Crippen molar-refractivity contribution in [1.29, 1.82) is 0 Å². The zero-order chi connectivity index (χ0) is 15.4. The van der Waals surface area contributed by atoms with Gasteiger partial charge >= 0.3 is 0 Å². The highest BCUT2D eigenvalue weighted by molar-refractivity contribution is 5.93. The van der Waals surface area contributed by atoms with E-state index < -0.39 is 5.82 Å². The second-order valence-electron chi connectivity index (χ2n) is 4.81. The fourth-order valence-electron chi connectivity index (χ4n) is 2.09. The molecule has 0 aliphatic carbocycles. The van der Waals surface area contributed by atoms with Crippen molar-refractivity contribution in [2.45, 2.75) is 20.8 Å². The van der Waals surface area contributed by atoms with Crippen LogP contribution in [0.5, 0.6) is 5.75 Å². The second-order valence-corrected chi connectivity index (χ2v) is 4.81. The van der Waals surface area contributed by atoms with E-state index in [-0.39, 0.29) is 18.3 Å². The van der Waals surface area contributed by atoms with Gasteiger partial charge in [0.15, 0.2) is 18.2 Å². The third-order valence-electron chi connectivity index (χ3n) is 2.99. The van der Waals surface area contributed by atoms with Crippen molar-refractivity contribution in [2.75, 3.05) is 11.9 Å². The predicted octanol–water partition coefficient (Wildman–Crippen LogP) is 3.16. The molecule has 2 rings (SSSR count). The number of para-hydroxylation sites is 1. The molecule has 0 bridgehead atoms. The van der Waals surface area contributed by atoms with Crippen LogP contribution in [0.1, 0.15) is 17.0 Å². The second kappa shape index (κ2) is 6.35. The van der Waals surface area contributed by atoms with Gasteiger partial charge in [0.2, 0.25) is 0 Å². The number of ether oxygens (including phenoxy) is 1. The number of aryl methyl sites for hydroxylation is 3. The monoisotopic (exact) mass is 288 g/mol. The third-order valence-corrected chi connectivity index (χ3v) is 2.99. The molecule has 0 fully saturated rings. The summed E-state index contributed by atoms with van der Waals surface area (Å²) in [7, 11) is 0. The molecule has 2 aromatic rings. The number of halogens is 1. The third kappa shape index (κ3) is 3.78. The molecule has 0 aliphatic heterocycles. The van der Waals surface area contributed by atoms with Gasteiger partial charge in [-0.05, 0) is 44.5 Å². The standard InChI is InChI=1S/C16H17FN2O2/c1-10-8-11(2)18-12(3)16(10)19-15(20)9-21-14-7-5-4-6-13(14)17/h4-8H,9H2,1-3H3,(H,19,20). The number of rotatable bonds is 4. The average molecular weight is 288 g/mol. The normalized spacial score (nSPS) is 10.3. The van der Waals surface area contributed by atoms with Crippen LogP contribution in [-0.4, -0.2) is 17.5 Å². The first-order valence-corrected chi connectivity index (χ1v) is 6.59. The molecule has 110 valence electrons. The molecule has 1 aromatic carbocycles. The lowest BCUT2D eigenvalue weighted by molar-refractivity contribution is -0.118. The van der Waals surface area contributed by atoms with Gasteiger partial charge in [-0.1, -0.05) is 12.1 Å². The molecule has 0 spiro atoms. The minimum atomic E-state index is -0.491. The lowest BCUT2D eigenvalue weighted by Gasteiger charge is -2.12. The first-order chi connectivity index (χ1) is 9.97. The van der Waals surface area contributed by atoms with Gasteiger partial charge in [0, 0.05) is 5.69 Å². The van der Waals surface area contributed by atoms with Crippen LogP contribution in [0.4, 0.5) is 10.1 Å². The van der Waals surface area contributed by atoms with Crippen molar-refractivity contribution in [1.82, 2.24) is 4.98 Å². The molecule has 4 nitrogen and oxygen atoms in total. The highest BCUT2D eigenvalue weighted by Crippen LogP contribution is 2.19. The molecule has 0 saturated carbocycles. The summed E-state index contributed by atoms with van der Waals surface area (Å²) < 4.78 is 18.5. The summed E-state index contributed by atoms with van der Waals surface area (Å²) in [6, 6.07) is 7.86. The lowest BCUT2D eigenvalue weighted by Crippen LogP contribution is -2.21. The van der Waals surface area contributed by atoms with Crippen LogP contribution in [0.25, 0.3) is 0 Å². The minimum Gasteiger partial charge on any atom is -0.481 e. The van der Waals surface area contributed by atoms with Crippen LogP contribution < -0.4 is 10.1 Å². The van der Waals surface area contributed by atoms with E-state index in [0.717, 1.165) is 17.0 Å². The summed E-state index contributed by atoms with van der Waals surface area (Å²) in [6.07, 6.45) is 0. The average Bonchev–Trinajstić information content (AvgIpc) is 2.42. The number of pyridine rings is 1. The number of nitrogens with zero attached hydrogens (tertiary/aromatic N) is 1. The van der Waals surface area contributed by atoms with E-state index in [0.29, 0.717) is 5.69 Å². The van der Waals surface area contributed by atoms with Crippen molar-refractivity contribution in [3.63, 3.8) is 0 Å². The summed E-state index contributed by atoms with van der Waals surface area (Å²) in [6.45, 7) is 5.36. The Kier molecular flexibility index (Phi) is 4.52. The molecule has 0 radical (unpaired) electrons. The summed E-state index contributed by atoms with van der Waals surface area (Å²) >= 11 is 0. The number of benzene rings is 1. The smallest absolute Gasteiger partial charge is 0.262 e. The molecule has 0 unspecified atom stereocenters. The quantitative estimate of drug-likeness (QED) is 0.940. The van der Waals surface area contributed by atoms with Crippen LogP contribution in [0.3, 0.4) is 0 Å². The number of aromatic nitrogens is 1. The molecule has 0 aliphatic rings. The Morgan fingerprint density at radius 1 is 1.29 bits per heavy atom. The van der Waals surface area contributed by atoms with Gasteiger partial charge < -0.3 is 10.1 Å². The number of nitrogens with one attached hydrogen (secondary N) is 1. The van der Waals surface area contributed by atoms with E-state index in [9.17, 15) is 9.18 Å². The molecule has 1 heterocycles. The van der Waals surface area contributed by atoms with Gasteiger partial charge in [0.1, 0.15) is 0 Å². The van der Waals surface area contributed by atoms with E-state index in [1.54, 1.807) is 12.1 Å². The molecular formula is C16H17FN2O2. The Morgan fingerprint density at radius 2 is 2.00 bits per heavy atom. The summed E-state index contributed by atoms with van der Waals surface area (Å²) in [5.41, 5.74) is 3.24. The zero-order valence-electron chi connectivity index (χ0n) is 12.2. The summed E-state index contributed by atoms with van der Waals surface area (Å²) in [5, 5.41) is 2.75. The Labute approximate surface area is 123 Å². The van der Waals surface area contributed by atoms with Crippen LogP contribution in [0.2, 0.25) is 0 Å². The van der Waals surface area contributed by atoms with E-state index in [2.05, 4.69) is 10.3 Å². The van der Waals surface area contributed by atoms with E-state index in [4.69, 9.17) is 4.74 Å². The number of anilines is 1. The number of amides is 1. The van der Waals surface area contributed by atoms with Gasteiger partial charge in [0.05, 0.1) is 11.4 Å². The van der Waals surface area contributed by atoms with Gasteiger partial charge in [0.25, 0.3) is 5.91 Å². The highest BCUT2D eigenvalue weighted by Gasteiger charge is 2.11. The van der Waals surface area contributed by atoms with Gasteiger partial charge in [-0.25, -0.2) is 4.39 Å².